The van der Waals surface area contributed by atoms with Crippen molar-refractivity contribution in [3.05, 3.63) is 0 Å². The minimum Gasteiger partial charge on any atom is -0.400 e. The summed E-state index contributed by atoms with van der Waals surface area (Å²) in [6.07, 6.45) is 0.500. The molecule has 0 aliphatic carbocycles. The van der Waals surface area contributed by atoms with E-state index in [9.17, 15) is 4.79 Å². The Morgan fingerprint density at radius 2 is 1.64 bits per heavy atom. The smallest absolute Gasteiger partial charge is 0.217 e. The maximum absolute atomic E-state index is 10.0. The molecule has 0 aromatic rings. The Kier molecular flexibility index (Phi) is 24.8. The topological polar surface area (TPSA) is 63.3 Å². The van der Waals surface area contributed by atoms with E-state index in [1.807, 2.05) is 27.7 Å². The van der Waals surface area contributed by atoms with Crippen LogP contribution in [-0.2, 0) is 4.79 Å². The lowest BCUT2D eigenvalue weighted by Gasteiger charge is -1.95. The zero-order chi connectivity index (χ0) is 9.86. The normalized spacial score (nSPS) is 7.18. The number of hydrogen-bond donors (Lipinski definition) is 2. The van der Waals surface area contributed by atoms with E-state index in [1.54, 1.807) is 0 Å². The number of hydrogen-bond acceptors (Lipinski definition) is 2. The summed E-state index contributed by atoms with van der Waals surface area (Å²) in [5.74, 6) is 0.188. The van der Waals surface area contributed by atoms with Gasteiger partial charge in [-0.2, -0.15) is 0 Å². The van der Waals surface area contributed by atoms with Gasteiger partial charge in [0.2, 0.25) is 5.91 Å². The highest BCUT2D eigenvalue weighted by Crippen LogP contribution is 1.95. The van der Waals surface area contributed by atoms with Crippen LogP contribution in [0.3, 0.4) is 0 Å². The van der Waals surface area contributed by atoms with Crippen molar-refractivity contribution in [1.29, 1.82) is 0 Å². The molecule has 3 nitrogen and oxygen atoms in total. The maximum atomic E-state index is 10.0. The average molecular weight is 163 g/mol. The summed E-state index contributed by atoms with van der Waals surface area (Å²) in [6.45, 7) is 7.93. The van der Waals surface area contributed by atoms with E-state index in [4.69, 9.17) is 10.8 Å². The Morgan fingerprint density at radius 3 is 1.64 bits per heavy atom. The number of primary amides is 1. The van der Waals surface area contributed by atoms with Gasteiger partial charge in [-0.25, -0.2) is 0 Å². The fraction of sp³-hybridized carbons (Fsp3) is 0.875. The molecule has 0 spiro atoms. The molecule has 0 aromatic heterocycles. The second-order valence-electron chi connectivity index (χ2n) is 2.06. The van der Waals surface area contributed by atoms with Gasteiger partial charge in [0.1, 0.15) is 0 Å². The van der Waals surface area contributed by atoms with Crippen LogP contribution in [0.1, 0.15) is 34.1 Å². The number of carbonyl (C=O) groups is 1. The Labute approximate surface area is 69.6 Å². The van der Waals surface area contributed by atoms with Crippen molar-refractivity contribution in [1.82, 2.24) is 0 Å². The van der Waals surface area contributed by atoms with Crippen molar-refractivity contribution < 1.29 is 9.90 Å². The van der Waals surface area contributed by atoms with Crippen molar-refractivity contribution in [2.45, 2.75) is 34.1 Å². The number of nitrogens with two attached hydrogens (primary N) is 1. The Hall–Kier alpha value is -0.570. The number of rotatable bonds is 2. The number of aliphatic hydroxyl groups is 1. The third kappa shape index (κ3) is 44.2. The lowest BCUT2D eigenvalue weighted by Crippen LogP contribution is -2.12. The lowest BCUT2D eigenvalue weighted by atomic mass is 10.1. The van der Waals surface area contributed by atoms with E-state index in [1.165, 1.54) is 0 Å². The monoisotopic (exact) mass is 163 g/mol. The lowest BCUT2D eigenvalue weighted by molar-refractivity contribution is -0.118. The van der Waals surface area contributed by atoms with Gasteiger partial charge in [0.15, 0.2) is 0 Å². The van der Waals surface area contributed by atoms with Crippen LogP contribution >= 0.6 is 0 Å². The van der Waals surface area contributed by atoms with Gasteiger partial charge in [0.25, 0.3) is 0 Å². The first kappa shape index (κ1) is 16.8. The summed E-state index contributed by atoms with van der Waals surface area (Å²) in [4.78, 5) is 10.0. The molecule has 3 heteroatoms. The van der Waals surface area contributed by atoms with Crippen LogP contribution in [0.15, 0.2) is 0 Å². The highest BCUT2D eigenvalue weighted by molar-refractivity contribution is 5.73. The van der Waals surface area contributed by atoms with Gasteiger partial charge in [0, 0.05) is 13.5 Å². The Morgan fingerprint density at radius 1 is 1.36 bits per heavy atom. The van der Waals surface area contributed by atoms with Gasteiger partial charge < -0.3 is 10.8 Å². The Balaban J connectivity index is -0.000000138. The predicted octanol–water partition coefficient (Wildman–Crippen LogP) is 1.15. The minimum atomic E-state index is -0.213. The minimum absolute atomic E-state index is 0.213. The zero-order valence-corrected chi connectivity index (χ0v) is 8.22. The highest BCUT2D eigenvalue weighted by atomic mass is 16.2. The molecule has 0 aromatic carbocycles. The molecule has 0 heterocycles. The van der Waals surface area contributed by atoms with Gasteiger partial charge in [-0.15, -0.1) is 0 Å². The maximum Gasteiger partial charge on any atom is 0.217 e. The number of amides is 1. The first-order chi connectivity index (χ1) is 5.13. The zero-order valence-electron chi connectivity index (χ0n) is 8.22. The van der Waals surface area contributed by atoms with Crippen LogP contribution in [-0.4, -0.2) is 18.1 Å². The largest absolute Gasteiger partial charge is 0.400 e. The molecule has 0 unspecified atom stereocenters. The van der Waals surface area contributed by atoms with Crippen molar-refractivity contribution in [3.63, 3.8) is 0 Å². The number of carbonyl (C=O) groups excluding carboxylic acids is 1. The fourth-order valence-electron chi connectivity index (χ4n) is 0.402. The van der Waals surface area contributed by atoms with Crippen LogP contribution in [0.2, 0.25) is 0 Å². The molecule has 0 atom stereocenters. The second-order valence-corrected chi connectivity index (χ2v) is 2.06. The van der Waals surface area contributed by atoms with Gasteiger partial charge in [0.05, 0.1) is 0 Å². The second kappa shape index (κ2) is 16.2. The molecular formula is C8H21NO2. The van der Waals surface area contributed by atoms with E-state index in [0.717, 1.165) is 7.11 Å². The molecule has 3 N–H and O–H groups in total. The molecule has 0 saturated carbocycles. The predicted molar refractivity (Wildman–Crippen MR) is 48.1 cm³/mol. The molecule has 70 valence electrons. The molecule has 0 radical (unpaired) electrons. The number of aliphatic hydroxyl groups excluding tert-OH is 1. The summed E-state index contributed by atoms with van der Waals surface area (Å²) in [5.41, 5.74) is 4.85. The summed E-state index contributed by atoms with van der Waals surface area (Å²) >= 11 is 0. The molecule has 11 heavy (non-hydrogen) atoms. The highest BCUT2D eigenvalue weighted by Gasteiger charge is 1.96. The van der Waals surface area contributed by atoms with Crippen LogP contribution in [0.4, 0.5) is 0 Å². The SMILES string of the molecule is CC.CC(C)CC(N)=O.CO. The molecule has 0 bridgehead atoms. The van der Waals surface area contributed by atoms with Gasteiger partial charge in [-0.05, 0) is 5.92 Å². The van der Waals surface area contributed by atoms with Gasteiger partial charge >= 0.3 is 0 Å². The molecular weight excluding hydrogens is 142 g/mol. The van der Waals surface area contributed by atoms with Crippen molar-refractivity contribution in [2.24, 2.45) is 11.7 Å². The first-order valence-corrected chi connectivity index (χ1v) is 3.86. The molecule has 0 saturated heterocycles. The van der Waals surface area contributed by atoms with E-state index < -0.39 is 0 Å². The van der Waals surface area contributed by atoms with Crippen LogP contribution < -0.4 is 5.73 Å². The van der Waals surface area contributed by atoms with Gasteiger partial charge in [-0.3, -0.25) is 4.79 Å². The summed E-state index contributed by atoms with van der Waals surface area (Å²) in [6, 6.07) is 0. The standard InChI is InChI=1S/C5H11NO.C2H6.CH4O/c1-4(2)3-5(6)7;2*1-2/h4H,3H2,1-2H3,(H2,6,7);1-2H3;2H,1H3. The quantitative estimate of drug-likeness (QED) is 0.641. The molecule has 0 fully saturated rings. The third-order valence-electron chi connectivity index (χ3n) is 0.609. The summed E-state index contributed by atoms with van der Waals surface area (Å²) < 4.78 is 0. The average Bonchev–Trinajstić information content (AvgIpc) is 1.93. The van der Waals surface area contributed by atoms with E-state index in [0.29, 0.717) is 12.3 Å². The van der Waals surface area contributed by atoms with E-state index >= 15 is 0 Å². The van der Waals surface area contributed by atoms with Crippen LogP contribution in [0.25, 0.3) is 0 Å². The Bertz CT molecular complexity index is 72.5. The molecule has 0 aliphatic heterocycles. The van der Waals surface area contributed by atoms with Crippen molar-refractivity contribution >= 4 is 5.91 Å². The van der Waals surface area contributed by atoms with Crippen molar-refractivity contribution in [2.75, 3.05) is 7.11 Å². The molecule has 0 rings (SSSR count). The van der Waals surface area contributed by atoms with E-state index in [2.05, 4.69) is 0 Å². The fourth-order valence-corrected chi connectivity index (χ4v) is 0.402. The van der Waals surface area contributed by atoms with Crippen LogP contribution in [0, 0.1) is 5.92 Å². The van der Waals surface area contributed by atoms with E-state index in [-0.39, 0.29) is 5.91 Å². The first-order valence-electron chi connectivity index (χ1n) is 3.86. The molecule has 1 amide bonds. The van der Waals surface area contributed by atoms with Crippen molar-refractivity contribution in [3.8, 4) is 0 Å². The van der Waals surface area contributed by atoms with Gasteiger partial charge in [-0.1, -0.05) is 27.7 Å². The summed E-state index contributed by atoms with van der Waals surface area (Å²) in [7, 11) is 1.00. The molecule has 0 aliphatic rings. The summed E-state index contributed by atoms with van der Waals surface area (Å²) in [5, 5.41) is 7.00. The third-order valence-corrected chi connectivity index (χ3v) is 0.609. The van der Waals surface area contributed by atoms with Crippen LogP contribution in [0.5, 0.6) is 0 Å².